The fourth-order valence-electron chi connectivity index (χ4n) is 6.16. The normalized spacial score (nSPS) is 30.5. The number of nitrogens with zero attached hydrogens (tertiary/aromatic N) is 6. The van der Waals surface area contributed by atoms with Crippen LogP contribution in [-0.2, 0) is 5.54 Å². The van der Waals surface area contributed by atoms with E-state index in [1.54, 1.807) is 12.4 Å². The van der Waals surface area contributed by atoms with Crippen LogP contribution in [-0.4, -0.2) is 63.9 Å². The summed E-state index contributed by atoms with van der Waals surface area (Å²) in [7, 11) is 4.38. The molecule has 1 aliphatic heterocycles. The first kappa shape index (κ1) is 22.3. The van der Waals surface area contributed by atoms with Crippen molar-refractivity contribution in [3.8, 4) is 6.07 Å². The quantitative estimate of drug-likeness (QED) is 0.755. The SMILES string of the molecule is CN(C)[C@]1(c2ccccc2)CC[C@]2(CC1)CN(c1ncc(C#N)cn1)C(O)N2CC1CCC1. The highest BCUT2D eigenvalue weighted by Gasteiger charge is 2.55. The first-order valence-corrected chi connectivity index (χ1v) is 12.1. The molecule has 0 radical (unpaired) electrons. The standard InChI is InChI=1S/C26H34N6O/c1-30(2)26(22-9-4-3-5-10-22)13-11-25(12-14-26)19-31(23-28-16-21(15-27)17-29-23)24(33)32(25)18-20-7-6-8-20/h3-5,9-10,16-17,20,24,33H,6-8,11-14,18-19H2,1-2H3/t24?,25-,26+. The monoisotopic (exact) mass is 446 g/mol. The number of aliphatic hydroxyl groups excluding tert-OH is 1. The molecule has 1 spiro atoms. The van der Waals surface area contributed by atoms with Gasteiger partial charge >= 0.3 is 0 Å². The smallest absolute Gasteiger partial charge is 0.228 e. The molecule has 1 N–H and O–H groups in total. The Balaban J connectivity index is 1.44. The van der Waals surface area contributed by atoms with Crippen LogP contribution in [0.1, 0.15) is 56.1 Å². The fraction of sp³-hybridized carbons (Fsp3) is 0.577. The maximum atomic E-state index is 11.5. The van der Waals surface area contributed by atoms with Gasteiger partial charge in [-0.25, -0.2) is 9.97 Å². The number of aliphatic hydroxyl groups is 1. The highest BCUT2D eigenvalue weighted by Crippen LogP contribution is 2.50. The van der Waals surface area contributed by atoms with Crippen molar-refractivity contribution in [2.45, 2.75) is 62.4 Å². The van der Waals surface area contributed by atoms with Crippen LogP contribution in [0.15, 0.2) is 42.7 Å². The molecule has 1 aromatic heterocycles. The Morgan fingerprint density at radius 3 is 2.30 bits per heavy atom. The molecule has 2 heterocycles. The molecule has 3 fully saturated rings. The van der Waals surface area contributed by atoms with Crippen molar-refractivity contribution >= 4 is 5.95 Å². The van der Waals surface area contributed by atoms with Gasteiger partial charge in [-0.1, -0.05) is 36.8 Å². The van der Waals surface area contributed by atoms with E-state index in [-0.39, 0.29) is 11.1 Å². The van der Waals surface area contributed by atoms with Crippen LogP contribution in [0.2, 0.25) is 0 Å². The van der Waals surface area contributed by atoms with Crippen LogP contribution in [0, 0.1) is 17.2 Å². The summed E-state index contributed by atoms with van der Waals surface area (Å²) in [6, 6.07) is 12.9. The van der Waals surface area contributed by atoms with Gasteiger partial charge in [0.1, 0.15) is 6.07 Å². The lowest BCUT2D eigenvalue weighted by atomic mass is 9.68. The number of hydrogen-bond donors (Lipinski definition) is 1. The van der Waals surface area contributed by atoms with Crippen LogP contribution in [0.3, 0.4) is 0 Å². The summed E-state index contributed by atoms with van der Waals surface area (Å²) < 4.78 is 0. The second kappa shape index (κ2) is 8.68. The largest absolute Gasteiger partial charge is 0.361 e. The summed E-state index contributed by atoms with van der Waals surface area (Å²) >= 11 is 0. The number of nitriles is 1. The molecular formula is C26H34N6O. The first-order valence-electron chi connectivity index (χ1n) is 12.1. The highest BCUT2D eigenvalue weighted by atomic mass is 16.3. The van der Waals surface area contributed by atoms with Gasteiger partial charge in [-0.2, -0.15) is 5.26 Å². The van der Waals surface area contributed by atoms with Crippen LogP contribution >= 0.6 is 0 Å². The molecule has 174 valence electrons. The van der Waals surface area contributed by atoms with Crippen molar-refractivity contribution in [1.82, 2.24) is 19.8 Å². The van der Waals surface area contributed by atoms with E-state index in [0.29, 0.717) is 24.0 Å². The molecule has 2 saturated carbocycles. The molecule has 1 saturated heterocycles. The minimum absolute atomic E-state index is 0.0119. The molecule has 1 aromatic carbocycles. The Morgan fingerprint density at radius 2 is 1.76 bits per heavy atom. The Bertz CT molecular complexity index is 990. The first-order chi connectivity index (χ1) is 16.0. The molecule has 7 heteroatoms. The van der Waals surface area contributed by atoms with Crippen LogP contribution in [0.25, 0.3) is 0 Å². The summed E-state index contributed by atoms with van der Waals surface area (Å²) in [5.74, 6) is 1.16. The fourth-order valence-corrected chi connectivity index (χ4v) is 6.16. The van der Waals surface area contributed by atoms with E-state index in [4.69, 9.17) is 5.26 Å². The molecule has 3 aliphatic rings. The number of aromatic nitrogens is 2. The van der Waals surface area contributed by atoms with E-state index < -0.39 is 6.35 Å². The van der Waals surface area contributed by atoms with Gasteiger partial charge in [0, 0.05) is 24.2 Å². The van der Waals surface area contributed by atoms with Gasteiger partial charge in [-0.15, -0.1) is 0 Å². The van der Waals surface area contributed by atoms with Crippen molar-refractivity contribution in [3.05, 3.63) is 53.9 Å². The third-order valence-electron chi connectivity index (χ3n) is 8.51. The maximum absolute atomic E-state index is 11.5. The van der Waals surface area contributed by atoms with Crippen molar-refractivity contribution in [2.75, 3.05) is 32.1 Å². The Kier molecular flexibility index (Phi) is 5.86. The molecule has 2 aromatic rings. The average molecular weight is 447 g/mol. The third kappa shape index (κ3) is 3.80. The molecule has 5 rings (SSSR count). The molecule has 1 atom stereocenters. The van der Waals surface area contributed by atoms with Gasteiger partial charge in [0.25, 0.3) is 0 Å². The Morgan fingerprint density at radius 1 is 1.09 bits per heavy atom. The molecule has 0 amide bonds. The zero-order valence-electron chi connectivity index (χ0n) is 19.7. The predicted molar refractivity (Wildman–Crippen MR) is 127 cm³/mol. The zero-order valence-corrected chi connectivity index (χ0v) is 19.7. The van der Waals surface area contributed by atoms with E-state index in [0.717, 1.165) is 32.2 Å². The lowest BCUT2D eigenvalue weighted by Gasteiger charge is -2.52. The second-order valence-electron chi connectivity index (χ2n) is 10.3. The van der Waals surface area contributed by atoms with Gasteiger partial charge < -0.3 is 10.0 Å². The summed E-state index contributed by atoms with van der Waals surface area (Å²) in [5, 5.41) is 20.6. The van der Waals surface area contributed by atoms with Crippen molar-refractivity contribution < 1.29 is 5.11 Å². The predicted octanol–water partition coefficient (Wildman–Crippen LogP) is 3.32. The van der Waals surface area contributed by atoms with Crippen molar-refractivity contribution in [3.63, 3.8) is 0 Å². The van der Waals surface area contributed by atoms with Gasteiger partial charge in [0.15, 0.2) is 6.35 Å². The van der Waals surface area contributed by atoms with Gasteiger partial charge in [0.05, 0.1) is 18.0 Å². The Hall–Kier alpha value is -2.53. The number of hydrogen-bond acceptors (Lipinski definition) is 7. The van der Waals surface area contributed by atoms with Crippen LogP contribution < -0.4 is 4.90 Å². The van der Waals surface area contributed by atoms with E-state index in [1.807, 2.05) is 4.90 Å². The summed E-state index contributed by atoms with van der Waals surface area (Å²) in [5.41, 5.74) is 1.73. The molecule has 7 nitrogen and oxygen atoms in total. The van der Waals surface area contributed by atoms with Gasteiger partial charge in [-0.3, -0.25) is 9.80 Å². The minimum Gasteiger partial charge on any atom is -0.361 e. The van der Waals surface area contributed by atoms with Gasteiger partial charge in [0.2, 0.25) is 5.95 Å². The number of benzene rings is 1. The molecular weight excluding hydrogens is 412 g/mol. The van der Waals surface area contributed by atoms with Crippen molar-refractivity contribution in [2.24, 2.45) is 5.92 Å². The minimum atomic E-state index is -0.734. The lowest BCUT2D eigenvalue weighted by Crippen LogP contribution is -2.57. The van der Waals surface area contributed by atoms with Crippen LogP contribution in [0.5, 0.6) is 0 Å². The number of anilines is 1. The second-order valence-corrected chi connectivity index (χ2v) is 10.3. The molecule has 0 bridgehead atoms. The summed E-state index contributed by atoms with van der Waals surface area (Å²) in [6.07, 6.45) is 10.3. The maximum Gasteiger partial charge on any atom is 0.228 e. The highest BCUT2D eigenvalue weighted by molar-refractivity contribution is 5.38. The molecule has 1 unspecified atom stereocenters. The van der Waals surface area contributed by atoms with E-state index in [1.165, 1.54) is 24.8 Å². The van der Waals surface area contributed by atoms with Crippen molar-refractivity contribution in [1.29, 1.82) is 5.26 Å². The third-order valence-corrected chi connectivity index (χ3v) is 8.51. The van der Waals surface area contributed by atoms with E-state index in [2.05, 4.69) is 70.3 Å². The zero-order chi connectivity index (χ0) is 23.1. The Labute approximate surface area is 196 Å². The topological polar surface area (TPSA) is 79.5 Å². The molecule has 33 heavy (non-hydrogen) atoms. The van der Waals surface area contributed by atoms with Crippen LogP contribution in [0.4, 0.5) is 5.95 Å². The lowest BCUT2D eigenvalue weighted by molar-refractivity contribution is -0.0662. The van der Waals surface area contributed by atoms with E-state index in [9.17, 15) is 5.11 Å². The average Bonchev–Trinajstić information content (AvgIpc) is 3.08. The molecule has 2 aliphatic carbocycles. The number of rotatable bonds is 5. The van der Waals surface area contributed by atoms with E-state index >= 15 is 0 Å². The summed E-state index contributed by atoms with van der Waals surface area (Å²) in [6.45, 7) is 1.64. The van der Waals surface area contributed by atoms with Gasteiger partial charge in [-0.05, 0) is 64.1 Å². The summed E-state index contributed by atoms with van der Waals surface area (Å²) in [4.78, 5) is 15.5.